The lowest BCUT2D eigenvalue weighted by atomic mass is 10.0. The maximum absolute atomic E-state index is 12.2. The monoisotopic (exact) mass is 473 g/mol. The molecule has 0 bridgehead atoms. The van der Waals surface area contributed by atoms with Crippen molar-refractivity contribution in [3.63, 3.8) is 0 Å². The third-order valence-corrected chi connectivity index (χ3v) is 5.31. The Hall–Kier alpha value is -2.64. The summed E-state index contributed by atoms with van der Waals surface area (Å²) in [4.78, 5) is 17.0. The Morgan fingerprint density at radius 1 is 1.10 bits per heavy atom. The van der Waals surface area contributed by atoms with E-state index in [9.17, 15) is 4.79 Å². The van der Waals surface area contributed by atoms with Crippen molar-refractivity contribution in [2.75, 3.05) is 20.3 Å². The molecule has 0 fully saturated rings. The van der Waals surface area contributed by atoms with Gasteiger partial charge in [-0.05, 0) is 66.0 Å². The van der Waals surface area contributed by atoms with Crippen LogP contribution in [0.2, 0.25) is 0 Å². The van der Waals surface area contributed by atoms with E-state index in [4.69, 9.17) is 23.9 Å². The van der Waals surface area contributed by atoms with E-state index in [0.29, 0.717) is 35.7 Å². The maximum atomic E-state index is 12.2. The summed E-state index contributed by atoms with van der Waals surface area (Å²) in [5.74, 6) is 1.77. The van der Waals surface area contributed by atoms with Crippen LogP contribution in [0, 0.1) is 13.8 Å². The lowest BCUT2D eigenvalue weighted by molar-refractivity contribution is 0.0687. The fourth-order valence-electron chi connectivity index (χ4n) is 3.06. The van der Waals surface area contributed by atoms with Crippen LogP contribution in [0.5, 0.6) is 17.2 Å². The van der Waals surface area contributed by atoms with Crippen molar-refractivity contribution in [2.24, 2.45) is 0 Å². The number of rotatable bonds is 7. The lowest BCUT2D eigenvalue weighted by Crippen LogP contribution is -2.15. The highest BCUT2D eigenvalue weighted by atomic mass is 79.9. The summed E-state index contributed by atoms with van der Waals surface area (Å²) < 4.78 is 22.6. The van der Waals surface area contributed by atoms with Gasteiger partial charge in [-0.25, -0.2) is 4.79 Å². The van der Waals surface area contributed by atoms with Gasteiger partial charge in [0.15, 0.2) is 0 Å². The molecule has 158 valence electrons. The highest BCUT2D eigenvalue weighted by Crippen LogP contribution is 2.38. The van der Waals surface area contributed by atoms with E-state index >= 15 is 0 Å². The topological polar surface area (TPSA) is 66.9 Å². The minimum absolute atomic E-state index is 0.119. The summed E-state index contributed by atoms with van der Waals surface area (Å²) in [6, 6.07) is 11.4. The first kappa shape index (κ1) is 22.1. The molecule has 30 heavy (non-hydrogen) atoms. The molecule has 1 heterocycles. The van der Waals surface area contributed by atoms with Crippen LogP contribution in [0.3, 0.4) is 0 Å². The number of nitrogens with zero attached hydrogens (tertiary/aromatic N) is 1. The standard InChI is InChI=1S/C23H24BrNO5/c1-5-18-15(3)22(30-23(26)28-11-10-27-4)16-13-21(14(2)12-19(16)25-18)29-20-9-7-6-8-17(20)24/h6-9,12-13H,5,10-11H2,1-4H3. The van der Waals surface area contributed by atoms with E-state index in [1.165, 1.54) is 7.11 Å². The number of methoxy groups -OCH3 is 1. The molecule has 2 aromatic carbocycles. The highest BCUT2D eigenvalue weighted by Gasteiger charge is 2.18. The van der Waals surface area contributed by atoms with E-state index < -0.39 is 6.16 Å². The Labute approximate surface area is 184 Å². The van der Waals surface area contributed by atoms with Crippen LogP contribution < -0.4 is 9.47 Å². The molecular weight excluding hydrogens is 450 g/mol. The third kappa shape index (κ3) is 4.91. The number of aromatic nitrogens is 1. The zero-order valence-electron chi connectivity index (χ0n) is 17.5. The molecule has 0 atom stereocenters. The number of carbonyl (C=O) groups excluding carboxylic acids is 1. The first-order valence-electron chi connectivity index (χ1n) is 9.64. The number of fused-ring (bicyclic) bond motifs is 1. The van der Waals surface area contributed by atoms with Crippen molar-refractivity contribution in [1.82, 2.24) is 4.98 Å². The van der Waals surface area contributed by atoms with Gasteiger partial charge in [0.05, 0.1) is 16.6 Å². The van der Waals surface area contributed by atoms with Gasteiger partial charge < -0.3 is 18.9 Å². The van der Waals surface area contributed by atoms with Crippen LogP contribution >= 0.6 is 15.9 Å². The van der Waals surface area contributed by atoms with Gasteiger partial charge in [-0.3, -0.25) is 4.98 Å². The van der Waals surface area contributed by atoms with Crippen LogP contribution in [0.15, 0.2) is 40.9 Å². The zero-order chi connectivity index (χ0) is 21.7. The summed E-state index contributed by atoms with van der Waals surface area (Å²) in [6.07, 6.45) is -0.0657. The van der Waals surface area contributed by atoms with Gasteiger partial charge in [0.2, 0.25) is 0 Å². The second-order valence-corrected chi connectivity index (χ2v) is 7.58. The lowest BCUT2D eigenvalue weighted by Gasteiger charge is -2.16. The first-order valence-corrected chi connectivity index (χ1v) is 10.4. The van der Waals surface area contributed by atoms with Crippen molar-refractivity contribution in [3.05, 3.63) is 57.7 Å². The SMILES string of the molecule is CCc1nc2cc(C)c(Oc3ccccc3Br)cc2c(OC(=O)OCCOC)c1C. The molecule has 0 aliphatic rings. The number of benzene rings is 2. The molecule has 0 N–H and O–H groups in total. The van der Waals surface area contributed by atoms with E-state index in [-0.39, 0.29) is 6.61 Å². The van der Waals surface area contributed by atoms with Gasteiger partial charge in [-0.2, -0.15) is 0 Å². The molecular formula is C23H24BrNO5. The smallest absolute Gasteiger partial charge is 0.456 e. The van der Waals surface area contributed by atoms with E-state index in [1.807, 2.05) is 57.2 Å². The normalized spacial score (nSPS) is 10.8. The van der Waals surface area contributed by atoms with Gasteiger partial charge in [0.1, 0.15) is 23.9 Å². The highest BCUT2D eigenvalue weighted by molar-refractivity contribution is 9.10. The first-order chi connectivity index (χ1) is 14.4. The van der Waals surface area contributed by atoms with Crippen molar-refractivity contribution >= 4 is 33.0 Å². The summed E-state index contributed by atoms with van der Waals surface area (Å²) >= 11 is 3.50. The Morgan fingerprint density at radius 3 is 2.57 bits per heavy atom. The average molecular weight is 474 g/mol. The Balaban J connectivity index is 2.05. The molecule has 3 rings (SSSR count). The minimum Gasteiger partial charge on any atom is -0.456 e. The second-order valence-electron chi connectivity index (χ2n) is 6.73. The molecule has 3 aromatic rings. The Kier molecular flexibility index (Phi) is 7.29. The quantitative estimate of drug-likeness (QED) is 0.303. The number of carbonyl (C=O) groups is 1. The molecule has 0 spiro atoms. The van der Waals surface area contributed by atoms with E-state index in [0.717, 1.165) is 26.8 Å². The molecule has 0 saturated heterocycles. The number of para-hydroxylation sites is 1. The fourth-order valence-corrected chi connectivity index (χ4v) is 3.43. The van der Waals surface area contributed by atoms with Crippen molar-refractivity contribution in [2.45, 2.75) is 27.2 Å². The molecule has 0 radical (unpaired) electrons. The predicted molar refractivity (Wildman–Crippen MR) is 119 cm³/mol. The number of halogens is 1. The Morgan fingerprint density at radius 2 is 1.87 bits per heavy atom. The van der Waals surface area contributed by atoms with Gasteiger partial charge in [0, 0.05) is 23.8 Å². The molecule has 0 aliphatic heterocycles. The summed E-state index contributed by atoms with van der Waals surface area (Å²) in [5.41, 5.74) is 3.31. The number of pyridine rings is 1. The molecule has 1 aromatic heterocycles. The molecule has 7 heteroatoms. The fraction of sp³-hybridized carbons (Fsp3) is 0.304. The predicted octanol–water partition coefficient (Wildman–Crippen LogP) is 6.13. The third-order valence-electron chi connectivity index (χ3n) is 4.65. The number of hydrogen-bond donors (Lipinski definition) is 0. The van der Waals surface area contributed by atoms with Crippen molar-refractivity contribution in [3.8, 4) is 17.2 Å². The summed E-state index contributed by atoms with van der Waals surface area (Å²) in [7, 11) is 1.54. The van der Waals surface area contributed by atoms with Crippen molar-refractivity contribution in [1.29, 1.82) is 0 Å². The van der Waals surface area contributed by atoms with Gasteiger partial charge in [-0.1, -0.05) is 19.1 Å². The molecule has 6 nitrogen and oxygen atoms in total. The zero-order valence-corrected chi connectivity index (χ0v) is 19.0. The summed E-state index contributed by atoms with van der Waals surface area (Å²) in [6.45, 7) is 6.27. The molecule has 0 amide bonds. The van der Waals surface area contributed by atoms with E-state index in [2.05, 4.69) is 15.9 Å². The summed E-state index contributed by atoms with van der Waals surface area (Å²) in [5, 5.41) is 0.682. The van der Waals surface area contributed by atoms with Gasteiger partial charge >= 0.3 is 6.16 Å². The van der Waals surface area contributed by atoms with Crippen LogP contribution in [-0.4, -0.2) is 31.5 Å². The van der Waals surface area contributed by atoms with Crippen LogP contribution in [0.25, 0.3) is 10.9 Å². The Bertz CT molecular complexity index is 1070. The largest absolute Gasteiger partial charge is 0.513 e. The van der Waals surface area contributed by atoms with Gasteiger partial charge in [-0.15, -0.1) is 0 Å². The molecule has 0 unspecified atom stereocenters. The maximum Gasteiger partial charge on any atom is 0.513 e. The van der Waals surface area contributed by atoms with Crippen LogP contribution in [0.1, 0.15) is 23.7 Å². The average Bonchev–Trinajstić information content (AvgIpc) is 2.72. The number of aryl methyl sites for hydroxylation is 2. The van der Waals surface area contributed by atoms with E-state index in [1.54, 1.807) is 0 Å². The second kappa shape index (κ2) is 9.91. The molecule has 0 aliphatic carbocycles. The minimum atomic E-state index is -0.779. The van der Waals surface area contributed by atoms with Gasteiger partial charge in [0.25, 0.3) is 0 Å². The number of ether oxygens (including phenoxy) is 4. The van der Waals surface area contributed by atoms with Crippen LogP contribution in [0.4, 0.5) is 4.79 Å². The molecule has 0 saturated carbocycles. The van der Waals surface area contributed by atoms with Crippen molar-refractivity contribution < 1.29 is 23.7 Å². The van der Waals surface area contributed by atoms with Crippen LogP contribution in [-0.2, 0) is 15.9 Å². The number of hydrogen-bond acceptors (Lipinski definition) is 6.